The van der Waals surface area contributed by atoms with Gasteiger partial charge < -0.3 is 9.80 Å². The first-order valence-electron chi connectivity index (χ1n) is 13.4. The van der Waals surface area contributed by atoms with Crippen molar-refractivity contribution in [3.05, 3.63) is 24.8 Å². The van der Waals surface area contributed by atoms with Crippen LogP contribution in [0.25, 0.3) is 11.4 Å². The van der Waals surface area contributed by atoms with Crippen molar-refractivity contribution in [2.24, 2.45) is 0 Å². The number of piperazine rings is 2. The number of halogens is 6. The number of carbonyl (C=O) groups is 2. The Morgan fingerprint density at radius 1 is 0.571 bits per heavy atom. The van der Waals surface area contributed by atoms with E-state index in [1.54, 1.807) is 0 Å². The lowest BCUT2D eigenvalue weighted by Gasteiger charge is -2.37. The van der Waals surface area contributed by atoms with Gasteiger partial charge in [0.25, 0.3) is 0 Å². The van der Waals surface area contributed by atoms with Gasteiger partial charge in [-0.1, -0.05) is 0 Å². The van der Waals surface area contributed by atoms with Crippen molar-refractivity contribution >= 4 is 23.2 Å². The fraction of sp³-hybridized carbons (Fsp3) is 0.615. The van der Waals surface area contributed by atoms with Gasteiger partial charge in [-0.15, -0.1) is 0 Å². The molecule has 2 aromatic rings. The second-order valence-electron chi connectivity index (χ2n) is 10.4. The van der Waals surface area contributed by atoms with Crippen LogP contribution in [0.5, 0.6) is 0 Å². The maximum Gasteiger partial charge on any atom is 0.458 e. The smallest absolute Gasteiger partial charge is 0.353 e. The Balaban J connectivity index is 0.000000343. The van der Waals surface area contributed by atoms with Crippen LogP contribution in [-0.4, -0.2) is 118 Å². The van der Waals surface area contributed by atoms with Gasteiger partial charge in [-0.05, 0) is 27.7 Å². The summed E-state index contributed by atoms with van der Waals surface area (Å²) in [5, 5.41) is 0. The summed E-state index contributed by atoms with van der Waals surface area (Å²) in [5.41, 5.74) is 1.53. The molecule has 0 radical (unpaired) electrons. The number of carbonyl (C=O) groups excluding carboxylic acids is 2. The van der Waals surface area contributed by atoms with Crippen molar-refractivity contribution in [3.63, 3.8) is 0 Å². The molecule has 232 valence electrons. The highest BCUT2D eigenvalue weighted by Gasteiger charge is 2.54. The summed E-state index contributed by atoms with van der Waals surface area (Å²) in [7, 11) is 0. The van der Waals surface area contributed by atoms with Gasteiger partial charge in [-0.25, -0.2) is 19.9 Å². The Hall–Kier alpha value is -3.40. The number of rotatable bonds is 6. The summed E-state index contributed by atoms with van der Waals surface area (Å²) < 4.78 is 67.0. The monoisotopic (exact) mass is 604 g/mol. The quantitative estimate of drug-likeness (QED) is 0.361. The first-order chi connectivity index (χ1) is 19.6. The van der Waals surface area contributed by atoms with Crippen LogP contribution in [-0.2, 0) is 9.59 Å². The van der Waals surface area contributed by atoms with E-state index in [0.717, 1.165) is 75.4 Å². The number of hydrogen-bond donors (Lipinski definition) is 0. The lowest BCUT2D eigenvalue weighted by Crippen LogP contribution is -2.49. The van der Waals surface area contributed by atoms with Crippen molar-refractivity contribution < 1.29 is 35.9 Å². The van der Waals surface area contributed by atoms with E-state index in [-0.39, 0.29) is 0 Å². The Morgan fingerprint density at radius 3 is 1.10 bits per heavy atom. The zero-order valence-electron chi connectivity index (χ0n) is 23.8. The topological polar surface area (TPSA) is 98.7 Å². The van der Waals surface area contributed by atoms with Crippen LogP contribution >= 0.6 is 0 Å². The molecule has 0 saturated carbocycles. The predicted octanol–water partition coefficient (Wildman–Crippen LogP) is 3.24. The molecule has 4 heterocycles. The van der Waals surface area contributed by atoms with Crippen LogP contribution in [0.2, 0.25) is 0 Å². The first kappa shape index (κ1) is 33.1. The molecule has 0 aliphatic carbocycles. The molecule has 4 rings (SSSR count). The van der Waals surface area contributed by atoms with Gasteiger partial charge in [0.1, 0.15) is 23.0 Å². The molecule has 2 fully saturated rings. The van der Waals surface area contributed by atoms with Gasteiger partial charge in [-0.3, -0.25) is 19.4 Å². The fourth-order valence-electron chi connectivity index (χ4n) is 4.43. The third kappa shape index (κ3) is 8.80. The molecule has 0 amide bonds. The van der Waals surface area contributed by atoms with E-state index in [0.29, 0.717) is 12.1 Å². The zero-order valence-corrected chi connectivity index (χ0v) is 23.8. The highest BCUT2D eigenvalue weighted by Crippen LogP contribution is 2.24. The molecule has 10 nitrogen and oxygen atoms in total. The van der Waals surface area contributed by atoms with Gasteiger partial charge in [-0.2, -0.15) is 26.3 Å². The predicted molar refractivity (Wildman–Crippen MR) is 143 cm³/mol. The second kappa shape index (κ2) is 13.7. The first-order valence-corrected chi connectivity index (χ1v) is 13.4. The second-order valence-corrected chi connectivity index (χ2v) is 10.4. The summed E-state index contributed by atoms with van der Waals surface area (Å²) in [6, 6.07) is 1.20. The number of hydrogen-bond acceptors (Lipinski definition) is 10. The Morgan fingerprint density at radius 2 is 0.881 bits per heavy atom. The number of Topliss-reactive ketones (excluding diaryl/α,β-unsaturated/α-hetero) is 2. The molecular formula is C26H34F6N8O2. The number of nitrogens with zero attached hydrogens (tertiary/aromatic N) is 8. The number of alkyl halides is 6. The van der Waals surface area contributed by atoms with E-state index in [1.165, 1.54) is 0 Å². The SMILES string of the molecule is CC(C)N1CCN(c2cnc(-c3cnc(N4CCN(C(C)C)CC4)cn3)cn2)CC1.O=C(C(=O)C(F)(F)F)C(F)(F)F. The van der Waals surface area contributed by atoms with Crippen LogP contribution in [0.4, 0.5) is 38.0 Å². The summed E-state index contributed by atoms with van der Waals surface area (Å²) in [6.07, 6.45) is -4.19. The summed E-state index contributed by atoms with van der Waals surface area (Å²) in [5.74, 6) is -4.94. The van der Waals surface area contributed by atoms with Gasteiger partial charge >= 0.3 is 23.9 Å². The van der Waals surface area contributed by atoms with Crippen molar-refractivity contribution in [1.82, 2.24) is 29.7 Å². The summed E-state index contributed by atoms with van der Waals surface area (Å²) in [4.78, 5) is 47.4. The lowest BCUT2D eigenvalue weighted by atomic mass is 10.2. The minimum atomic E-state index is -5.77. The third-order valence-corrected chi connectivity index (χ3v) is 7.00. The van der Waals surface area contributed by atoms with E-state index in [2.05, 4.69) is 67.2 Å². The van der Waals surface area contributed by atoms with Crippen LogP contribution in [0.3, 0.4) is 0 Å². The van der Waals surface area contributed by atoms with Crippen molar-refractivity contribution in [1.29, 1.82) is 0 Å². The average Bonchev–Trinajstić information content (AvgIpc) is 2.96. The summed E-state index contributed by atoms with van der Waals surface area (Å²) in [6.45, 7) is 17.2. The number of ketones is 2. The molecule has 0 N–H and O–H groups in total. The molecule has 16 heteroatoms. The molecule has 0 bridgehead atoms. The van der Waals surface area contributed by atoms with Crippen LogP contribution in [0.15, 0.2) is 24.8 Å². The Bertz CT molecular complexity index is 1080. The molecule has 2 saturated heterocycles. The van der Waals surface area contributed by atoms with Gasteiger partial charge in [0.2, 0.25) is 0 Å². The fourth-order valence-corrected chi connectivity index (χ4v) is 4.43. The molecular weight excluding hydrogens is 570 g/mol. The van der Waals surface area contributed by atoms with E-state index in [1.807, 2.05) is 24.8 Å². The van der Waals surface area contributed by atoms with Gasteiger partial charge in [0, 0.05) is 64.4 Å². The number of aromatic nitrogens is 4. The van der Waals surface area contributed by atoms with Gasteiger partial charge in [0.05, 0.1) is 24.8 Å². The van der Waals surface area contributed by atoms with E-state index in [9.17, 15) is 35.9 Å². The van der Waals surface area contributed by atoms with Crippen molar-refractivity contribution in [3.8, 4) is 11.4 Å². The Kier molecular flexibility index (Phi) is 10.8. The standard InChI is InChI=1S/C22H34N8.C4F6O2/c1-17(2)27-5-9-29(10-6-27)21-15-23-19(13-25-21)20-14-26-22(16-24-20)30-11-7-28(8-12-30)18(3)4;5-3(6,7)1(11)2(12)4(8,9)10/h13-18H,5-12H2,1-4H3;. The van der Waals surface area contributed by atoms with E-state index in [4.69, 9.17) is 0 Å². The van der Waals surface area contributed by atoms with Crippen molar-refractivity contribution in [2.45, 2.75) is 52.1 Å². The molecule has 2 aliphatic rings. The highest BCUT2D eigenvalue weighted by atomic mass is 19.4. The summed E-state index contributed by atoms with van der Waals surface area (Å²) >= 11 is 0. The molecule has 2 aliphatic heterocycles. The zero-order chi connectivity index (χ0) is 31.2. The largest absolute Gasteiger partial charge is 0.458 e. The molecule has 42 heavy (non-hydrogen) atoms. The van der Waals surface area contributed by atoms with Gasteiger partial charge in [0.15, 0.2) is 0 Å². The lowest BCUT2D eigenvalue weighted by molar-refractivity contribution is -0.193. The highest BCUT2D eigenvalue weighted by molar-refractivity contribution is 6.41. The van der Waals surface area contributed by atoms with Crippen LogP contribution < -0.4 is 9.80 Å². The normalized spacial score (nSPS) is 17.3. The molecule has 0 aromatic carbocycles. The van der Waals surface area contributed by atoms with Crippen LogP contribution in [0, 0.1) is 0 Å². The van der Waals surface area contributed by atoms with Crippen molar-refractivity contribution in [2.75, 3.05) is 62.2 Å². The molecule has 0 spiro atoms. The minimum absolute atomic E-state index is 0.598. The minimum Gasteiger partial charge on any atom is -0.353 e. The maximum atomic E-state index is 11.2. The Labute approximate surface area is 239 Å². The van der Waals surface area contributed by atoms with Crippen LogP contribution in [0.1, 0.15) is 27.7 Å². The third-order valence-electron chi connectivity index (χ3n) is 7.00. The van der Waals surface area contributed by atoms with E-state index < -0.39 is 23.9 Å². The maximum absolute atomic E-state index is 11.2. The molecule has 0 unspecified atom stereocenters. The average molecular weight is 605 g/mol. The van der Waals surface area contributed by atoms with E-state index >= 15 is 0 Å². The number of anilines is 2. The molecule has 2 aromatic heterocycles. The molecule has 0 atom stereocenters.